The van der Waals surface area contributed by atoms with E-state index >= 15 is 0 Å². The molecule has 0 spiro atoms. The molecule has 0 aliphatic heterocycles. The van der Waals surface area contributed by atoms with Gasteiger partial charge in [-0.2, -0.15) is 0 Å². The van der Waals surface area contributed by atoms with Gasteiger partial charge in [-0.25, -0.2) is 0 Å². The van der Waals surface area contributed by atoms with Crippen LogP contribution in [0.25, 0.3) is 0 Å². The van der Waals surface area contributed by atoms with Gasteiger partial charge in [0.2, 0.25) is 0 Å². The van der Waals surface area contributed by atoms with Gasteiger partial charge in [0.05, 0.1) is 0 Å². The Labute approximate surface area is 49.6 Å². The molecule has 0 aliphatic rings. The van der Waals surface area contributed by atoms with Gasteiger partial charge in [0.25, 0.3) is 0 Å². The Hall–Kier alpha value is 1.15. The summed E-state index contributed by atoms with van der Waals surface area (Å²) >= 11 is 2.83. The fourth-order valence-electron chi connectivity index (χ4n) is 0. The van der Waals surface area contributed by atoms with Crippen molar-refractivity contribution >= 4 is 31.0 Å². The molecule has 0 saturated carbocycles. The van der Waals surface area contributed by atoms with Gasteiger partial charge in [0.1, 0.15) is 0 Å². The van der Waals surface area contributed by atoms with E-state index in [-0.39, 0.29) is 0 Å². The van der Waals surface area contributed by atoms with Gasteiger partial charge in [0, 0.05) is 0 Å². The normalized spacial score (nSPS) is 12.0. The Bertz CT molecular complexity index is 37.3. The third kappa shape index (κ3) is 5.15. The quantitative estimate of drug-likeness (QED) is 0.496. The number of rotatable bonds is 1. The number of hydrogen-bond acceptors (Lipinski definition) is 1. The third-order valence-corrected chi connectivity index (χ3v) is 9.55. The van der Waals surface area contributed by atoms with Crippen molar-refractivity contribution in [1.82, 2.24) is 0 Å². The van der Waals surface area contributed by atoms with Crippen molar-refractivity contribution in [2.45, 2.75) is 14.8 Å². The summed E-state index contributed by atoms with van der Waals surface area (Å²) in [6.07, 6.45) is 0. The molecule has 0 atom stereocenters. The Morgan fingerprint density at radius 3 is 1.50 bits per heavy atom. The van der Waals surface area contributed by atoms with Gasteiger partial charge in [-0.15, -0.1) is 0 Å². The summed E-state index contributed by atoms with van der Waals surface area (Å²) in [5.41, 5.74) is 0. The van der Waals surface area contributed by atoms with E-state index in [1.807, 2.05) is 0 Å². The van der Waals surface area contributed by atoms with Crippen LogP contribution in [-0.4, -0.2) is 22.1 Å². The van der Waals surface area contributed by atoms with Crippen LogP contribution < -0.4 is 0 Å². The number of thiol groups is 1. The molecule has 0 rings (SSSR count). The number of hydrogen-bond donors (Lipinski definition) is 1. The van der Waals surface area contributed by atoms with Crippen LogP contribution in [0.1, 0.15) is 0 Å². The summed E-state index contributed by atoms with van der Waals surface area (Å²) in [7, 11) is 0. The fraction of sp³-hybridized carbons (Fsp3) is 1.00. The van der Waals surface area contributed by atoms with Crippen molar-refractivity contribution in [1.29, 1.82) is 0 Å². The zero-order valence-corrected chi connectivity index (χ0v) is 8.40. The molecule has 0 aliphatic carbocycles. The van der Waals surface area contributed by atoms with Crippen molar-refractivity contribution in [2.24, 2.45) is 0 Å². The van der Waals surface area contributed by atoms with E-state index in [1.54, 1.807) is 0 Å². The molecule has 6 heavy (non-hydrogen) atoms. The molecule has 0 heterocycles. The average molecular weight is 211 g/mol. The first kappa shape index (κ1) is 7.15. The van der Waals surface area contributed by atoms with Gasteiger partial charge in [-0.1, -0.05) is 0 Å². The monoisotopic (exact) mass is 212 g/mol. The molecule has 2 heteroatoms. The van der Waals surface area contributed by atoms with Crippen molar-refractivity contribution in [3.63, 3.8) is 0 Å². The molecule has 0 N–H and O–H groups in total. The molecule has 0 aromatic heterocycles. The minimum atomic E-state index is -1.37. The second-order valence-corrected chi connectivity index (χ2v) is 20.4. The molecule has 38 valence electrons. The molecule has 0 amide bonds. The summed E-state index contributed by atoms with van der Waals surface area (Å²) in [6, 6.07) is 0. The van der Waals surface area contributed by atoms with Gasteiger partial charge in [-0.3, -0.25) is 0 Å². The average Bonchev–Trinajstić information content (AvgIpc) is 1.35. The van der Waals surface area contributed by atoms with Crippen LogP contribution in [0.5, 0.6) is 0 Å². The maximum atomic E-state index is 4.19. The summed E-state index contributed by atoms with van der Waals surface area (Å²) < 4.78 is 1.18. The first-order valence-electron chi connectivity index (χ1n) is 2.17. The third-order valence-electron chi connectivity index (χ3n) is 0.474. The van der Waals surface area contributed by atoms with Crippen LogP contribution in [0.3, 0.4) is 0 Å². The van der Waals surface area contributed by atoms with Crippen molar-refractivity contribution in [3.05, 3.63) is 0 Å². The van der Waals surface area contributed by atoms with Gasteiger partial charge < -0.3 is 0 Å². The predicted molar refractivity (Wildman–Crippen MR) is 37.2 cm³/mol. The van der Waals surface area contributed by atoms with Gasteiger partial charge in [0.15, 0.2) is 0 Å². The summed E-state index contributed by atoms with van der Waals surface area (Å²) in [5.74, 6) is 0. The van der Waals surface area contributed by atoms with Crippen LogP contribution in [-0.2, 0) is 0 Å². The van der Waals surface area contributed by atoms with E-state index in [2.05, 4.69) is 27.4 Å². The molecule has 0 fully saturated rings. The predicted octanol–water partition coefficient (Wildman–Crippen LogP) is 1.79. The van der Waals surface area contributed by atoms with Crippen molar-refractivity contribution in [3.8, 4) is 0 Å². The summed E-state index contributed by atoms with van der Waals surface area (Å²) in [5, 5.41) is 0. The second kappa shape index (κ2) is 2.45. The molecule has 0 aromatic rings. The zero-order valence-electron chi connectivity index (χ0n) is 4.65. The molecule has 0 saturated heterocycles. The molecule has 0 unspecified atom stereocenters. The van der Waals surface area contributed by atoms with Crippen LogP contribution in [0.15, 0.2) is 0 Å². The Kier molecular flexibility index (Phi) is 2.92. The Morgan fingerprint density at radius 1 is 1.33 bits per heavy atom. The van der Waals surface area contributed by atoms with Crippen molar-refractivity contribution < 1.29 is 0 Å². The molecule has 0 radical (unpaired) electrons. The summed E-state index contributed by atoms with van der Waals surface area (Å²) in [6.45, 7) is 0. The molecule has 0 nitrogen and oxygen atoms in total. The van der Waals surface area contributed by atoms with E-state index < -0.39 is 18.4 Å². The van der Waals surface area contributed by atoms with E-state index in [0.717, 1.165) is 0 Å². The van der Waals surface area contributed by atoms with Crippen LogP contribution >= 0.6 is 12.6 Å². The molecular formula is C4H12SSn. The molecular weight excluding hydrogens is 199 g/mol. The Balaban J connectivity index is 3.17. The standard InChI is InChI=1S/CH3S.3CH3.Sn/c1-2;;;;/h2H,1H2;3*1H3;. The first-order valence-corrected chi connectivity index (χ1v) is 13.4. The van der Waals surface area contributed by atoms with Crippen LogP contribution in [0.4, 0.5) is 0 Å². The minimum absolute atomic E-state index is 1.18. The van der Waals surface area contributed by atoms with E-state index in [9.17, 15) is 0 Å². The van der Waals surface area contributed by atoms with E-state index in [0.29, 0.717) is 0 Å². The van der Waals surface area contributed by atoms with Crippen LogP contribution in [0, 0.1) is 0 Å². The second-order valence-electron chi connectivity index (χ2n) is 2.72. The van der Waals surface area contributed by atoms with E-state index in [1.165, 1.54) is 3.77 Å². The fourth-order valence-corrected chi connectivity index (χ4v) is 0. The van der Waals surface area contributed by atoms with Crippen molar-refractivity contribution in [2.75, 3.05) is 3.77 Å². The SMILES string of the molecule is [CH3][Sn]([CH3])([CH3])[CH2]S. The Morgan fingerprint density at radius 2 is 1.50 bits per heavy atom. The topological polar surface area (TPSA) is 0 Å². The molecule has 0 aromatic carbocycles. The summed E-state index contributed by atoms with van der Waals surface area (Å²) in [4.78, 5) is 7.13. The van der Waals surface area contributed by atoms with Gasteiger partial charge in [-0.05, 0) is 0 Å². The van der Waals surface area contributed by atoms with Crippen LogP contribution in [0.2, 0.25) is 14.8 Å². The molecule has 0 bridgehead atoms. The van der Waals surface area contributed by atoms with Gasteiger partial charge >= 0.3 is 49.6 Å². The first-order chi connectivity index (χ1) is 2.56. The zero-order chi connectivity index (χ0) is 5.21. The maximum absolute atomic E-state index is 4.19. The van der Waals surface area contributed by atoms with E-state index in [4.69, 9.17) is 0 Å².